The molecule has 2 saturated carbocycles. The number of carbonyl (C=O) groups is 1. The van der Waals surface area contributed by atoms with Gasteiger partial charge in [0.2, 0.25) is 5.91 Å². The van der Waals surface area contributed by atoms with Gasteiger partial charge in [0.15, 0.2) is 0 Å². The molecular formula is C14H23N5O. The largest absolute Gasteiger partial charge is 0.380 e. The van der Waals surface area contributed by atoms with E-state index in [1.54, 1.807) is 10.9 Å². The molecule has 6 heteroatoms. The molecule has 0 saturated heterocycles. The number of carbonyl (C=O) groups excluding carboxylic acids is 1. The van der Waals surface area contributed by atoms with Crippen molar-refractivity contribution < 1.29 is 4.79 Å². The molecule has 1 aromatic heterocycles. The Hall–Kier alpha value is -1.56. The van der Waals surface area contributed by atoms with Crippen molar-refractivity contribution in [3.63, 3.8) is 0 Å². The Labute approximate surface area is 119 Å². The predicted molar refractivity (Wildman–Crippen MR) is 77.2 cm³/mol. The van der Waals surface area contributed by atoms with Gasteiger partial charge in [0, 0.05) is 24.3 Å². The first-order valence-corrected chi connectivity index (χ1v) is 7.53. The molecule has 1 amide bonds. The van der Waals surface area contributed by atoms with Gasteiger partial charge in [0.25, 0.3) is 0 Å². The number of nitrogens with one attached hydrogen (secondary N) is 2. The summed E-state index contributed by atoms with van der Waals surface area (Å²) in [6.45, 7) is 0.299. The topological polar surface area (TPSA) is 85.0 Å². The van der Waals surface area contributed by atoms with Crippen LogP contribution in [0.5, 0.6) is 0 Å². The van der Waals surface area contributed by atoms with Crippen molar-refractivity contribution in [2.45, 2.75) is 63.2 Å². The van der Waals surface area contributed by atoms with Gasteiger partial charge in [-0.1, -0.05) is 0 Å². The maximum absolute atomic E-state index is 11.7. The molecule has 2 fully saturated rings. The highest BCUT2D eigenvalue weighted by Crippen LogP contribution is 2.21. The van der Waals surface area contributed by atoms with Crippen LogP contribution in [-0.2, 0) is 11.3 Å². The van der Waals surface area contributed by atoms with E-state index in [0.717, 1.165) is 44.2 Å². The third kappa shape index (κ3) is 3.72. The Morgan fingerprint density at radius 3 is 2.65 bits per heavy atom. The van der Waals surface area contributed by atoms with Crippen LogP contribution in [0, 0.1) is 0 Å². The normalized spacial score (nSPS) is 26.2. The van der Waals surface area contributed by atoms with E-state index in [1.807, 2.05) is 6.20 Å². The SMILES string of the molecule is NC1CCC(Nc2cnn(CC(=O)NC3CC3)c2)CC1. The summed E-state index contributed by atoms with van der Waals surface area (Å²) >= 11 is 0. The maximum atomic E-state index is 11.7. The second-order valence-corrected chi connectivity index (χ2v) is 6.02. The van der Waals surface area contributed by atoms with Crippen LogP contribution in [0.1, 0.15) is 38.5 Å². The van der Waals surface area contributed by atoms with Gasteiger partial charge < -0.3 is 16.4 Å². The van der Waals surface area contributed by atoms with Crippen LogP contribution in [0.4, 0.5) is 5.69 Å². The first kappa shape index (κ1) is 13.4. The Bertz CT molecular complexity index is 460. The van der Waals surface area contributed by atoms with Crippen LogP contribution in [0.2, 0.25) is 0 Å². The summed E-state index contributed by atoms with van der Waals surface area (Å²) in [5.41, 5.74) is 6.90. The lowest BCUT2D eigenvalue weighted by Crippen LogP contribution is -2.32. The van der Waals surface area contributed by atoms with E-state index >= 15 is 0 Å². The minimum atomic E-state index is 0.0470. The summed E-state index contributed by atoms with van der Waals surface area (Å²) in [6.07, 6.45) is 10.3. The number of amides is 1. The molecular weight excluding hydrogens is 254 g/mol. The second kappa shape index (κ2) is 5.83. The van der Waals surface area contributed by atoms with E-state index in [0.29, 0.717) is 24.7 Å². The van der Waals surface area contributed by atoms with Gasteiger partial charge in [-0.15, -0.1) is 0 Å². The lowest BCUT2D eigenvalue weighted by Gasteiger charge is -2.26. The molecule has 0 aromatic carbocycles. The number of nitrogens with zero attached hydrogens (tertiary/aromatic N) is 2. The third-order valence-corrected chi connectivity index (χ3v) is 4.02. The molecule has 3 rings (SSSR count). The average Bonchev–Trinajstić information content (AvgIpc) is 3.12. The van der Waals surface area contributed by atoms with E-state index in [2.05, 4.69) is 15.7 Å². The summed E-state index contributed by atoms with van der Waals surface area (Å²) < 4.78 is 1.69. The van der Waals surface area contributed by atoms with Crippen molar-refractivity contribution in [3.05, 3.63) is 12.4 Å². The van der Waals surface area contributed by atoms with Crippen LogP contribution in [0.25, 0.3) is 0 Å². The van der Waals surface area contributed by atoms with Gasteiger partial charge in [-0.05, 0) is 38.5 Å². The zero-order valence-corrected chi connectivity index (χ0v) is 11.7. The van der Waals surface area contributed by atoms with Crippen LogP contribution >= 0.6 is 0 Å². The van der Waals surface area contributed by atoms with Gasteiger partial charge in [-0.2, -0.15) is 5.10 Å². The number of anilines is 1. The van der Waals surface area contributed by atoms with Gasteiger partial charge in [-0.3, -0.25) is 9.48 Å². The van der Waals surface area contributed by atoms with Gasteiger partial charge in [0.1, 0.15) is 6.54 Å². The lowest BCUT2D eigenvalue weighted by molar-refractivity contribution is -0.122. The monoisotopic (exact) mass is 277 g/mol. The van der Waals surface area contributed by atoms with E-state index in [-0.39, 0.29) is 5.91 Å². The highest BCUT2D eigenvalue weighted by atomic mass is 16.2. The number of aromatic nitrogens is 2. The summed E-state index contributed by atoms with van der Waals surface area (Å²) in [5, 5.41) is 10.7. The zero-order chi connectivity index (χ0) is 13.9. The first-order chi connectivity index (χ1) is 9.69. The van der Waals surface area contributed by atoms with Crippen LogP contribution < -0.4 is 16.4 Å². The third-order valence-electron chi connectivity index (χ3n) is 4.02. The minimum absolute atomic E-state index is 0.0470. The van der Waals surface area contributed by atoms with Crippen molar-refractivity contribution in [1.29, 1.82) is 0 Å². The minimum Gasteiger partial charge on any atom is -0.380 e. The molecule has 2 aliphatic carbocycles. The molecule has 2 aliphatic rings. The molecule has 20 heavy (non-hydrogen) atoms. The van der Waals surface area contributed by atoms with E-state index in [4.69, 9.17) is 5.73 Å². The van der Waals surface area contributed by atoms with E-state index < -0.39 is 0 Å². The van der Waals surface area contributed by atoms with Crippen LogP contribution in [0.3, 0.4) is 0 Å². The predicted octanol–water partition coefficient (Wildman–Crippen LogP) is 0.843. The van der Waals surface area contributed by atoms with Crippen LogP contribution in [0.15, 0.2) is 12.4 Å². The maximum Gasteiger partial charge on any atom is 0.241 e. The molecule has 110 valence electrons. The smallest absolute Gasteiger partial charge is 0.241 e. The molecule has 0 radical (unpaired) electrons. The molecule has 6 nitrogen and oxygen atoms in total. The summed E-state index contributed by atoms with van der Waals surface area (Å²) in [7, 11) is 0. The fourth-order valence-corrected chi connectivity index (χ4v) is 2.67. The Kier molecular flexibility index (Phi) is 3.91. The summed E-state index contributed by atoms with van der Waals surface area (Å²) in [4.78, 5) is 11.7. The van der Waals surface area contributed by atoms with Crippen molar-refractivity contribution in [2.24, 2.45) is 5.73 Å². The lowest BCUT2D eigenvalue weighted by atomic mass is 9.92. The Balaban J connectivity index is 1.47. The number of rotatable bonds is 5. The molecule has 0 unspecified atom stereocenters. The highest BCUT2D eigenvalue weighted by Gasteiger charge is 2.23. The van der Waals surface area contributed by atoms with Gasteiger partial charge in [-0.25, -0.2) is 0 Å². The second-order valence-electron chi connectivity index (χ2n) is 6.02. The summed E-state index contributed by atoms with van der Waals surface area (Å²) in [5.74, 6) is 0.0470. The molecule has 0 aliphatic heterocycles. The molecule has 1 aromatic rings. The first-order valence-electron chi connectivity index (χ1n) is 7.53. The number of hydrogen-bond donors (Lipinski definition) is 3. The molecule has 0 spiro atoms. The number of hydrogen-bond acceptors (Lipinski definition) is 4. The highest BCUT2D eigenvalue weighted by molar-refractivity contribution is 5.76. The fraction of sp³-hybridized carbons (Fsp3) is 0.714. The van der Waals surface area contributed by atoms with Gasteiger partial charge in [0.05, 0.1) is 11.9 Å². The van der Waals surface area contributed by atoms with Crippen molar-refractivity contribution >= 4 is 11.6 Å². The molecule has 0 bridgehead atoms. The quantitative estimate of drug-likeness (QED) is 0.744. The van der Waals surface area contributed by atoms with Crippen LogP contribution in [-0.4, -0.2) is 33.8 Å². The molecule has 0 atom stereocenters. The van der Waals surface area contributed by atoms with E-state index in [9.17, 15) is 4.79 Å². The van der Waals surface area contributed by atoms with Crippen molar-refractivity contribution in [3.8, 4) is 0 Å². The van der Waals surface area contributed by atoms with E-state index in [1.165, 1.54) is 0 Å². The average molecular weight is 277 g/mol. The summed E-state index contributed by atoms with van der Waals surface area (Å²) in [6, 6.07) is 1.25. The Morgan fingerprint density at radius 1 is 1.25 bits per heavy atom. The van der Waals surface area contributed by atoms with Crippen molar-refractivity contribution in [1.82, 2.24) is 15.1 Å². The Morgan fingerprint density at radius 2 is 1.95 bits per heavy atom. The number of nitrogens with two attached hydrogens (primary N) is 1. The molecule has 1 heterocycles. The standard InChI is InChI=1S/C14H23N5O/c15-10-1-3-11(4-2-10)17-13-7-16-19(8-13)9-14(20)18-12-5-6-12/h7-8,10-12,17H,1-6,9,15H2,(H,18,20). The fourth-order valence-electron chi connectivity index (χ4n) is 2.67. The molecule has 4 N–H and O–H groups in total. The zero-order valence-electron chi connectivity index (χ0n) is 11.7. The van der Waals surface area contributed by atoms with Crippen molar-refractivity contribution in [2.75, 3.05) is 5.32 Å². The van der Waals surface area contributed by atoms with Gasteiger partial charge >= 0.3 is 0 Å².